The van der Waals surface area contributed by atoms with Gasteiger partial charge in [0.05, 0.1) is 11.3 Å². The van der Waals surface area contributed by atoms with Crippen LogP contribution in [0.1, 0.15) is 12.0 Å². The predicted molar refractivity (Wildman–Crippen MR) is 73.8 cm³/mol. The molecule has 0 bridgehead atoms. The van der Waals surface area contributed by atoms with E-state index in [0.717, 1.165) is 6.26 Å². The molecule has 6 heteroatoms. The highest BCUT2D eigenvalue weighted by Gasteiger charge is 2.06. The smallest absolute Gasteiger partial charge is 0.150 e. The first kappa shape index (κ1) is 15.8. The Morgan fingerprint density at radius 1 is 1.42 bits per heavy atom. The van der Waals surface area contributed by atoms with Gasteiger partial charge in [0.25, 0.3) is 0 Å². The predicted octanol–water partition coefficient (Wildman–Crippen LogP) is 2.23. The van der Waals surface area contributed by atoms with Gasteiger partial charge >= 0.3 is 0 Å². The van der Waals surface area contributed by atoms with Crippen molar-refractivity contribution in [2.75, 3.05) is 24.5 Å². The zero-order chi connectivity index (χ0) is 14.3. The number of sulfone groups is 1. The summed E-state index contributed by atoms with van der Waals surface area (Å²) in [5.74, 6) is 5.70. The van der Waals surface area contributed by atoms with Crippen LogP contribution in [0.2, 0.25) is 0 Å². The van der Waals surface area contributed by atoms with Crippen molar-refractivity contribution in [3.63, 3.8) is 0 Å². The van der Waals surface area contributed by atoms with Crippen LogP contribution < -0.4 is 4.74 Å². The van der Waals surface area contributed by atoms with Crippen LogP contribution in [0.15, 0.2) is 18.2 Å². The summed E-state index contributed by atoms with van der Waals surface area (Å²) < 4.78 is 40.4. The molecule has 0 aliphatic carbocycles. The van der Waals surface area contributed by atoms with Crippen molar-refractivity contribution >= 4 is 21.4 Å². The van der Waals surface area contributed by atoms with Crippen molar-refractivity contribution in [3.8, 4) is 17.6 Å². The fraction of sp³-hybridized carbons (Fsp3) is 0.385. The molecule has 104 valence electrons. The molecule has 0 spiro atoms. The molecule has 0 atom stereocenters. The SMILES string of the molecule is CS(=O)(=O)CCOc1cc(F)ccc1C#CCCCl. The molecule has 0 saturated carbocycles. The number of halogens is 2. The average molecular weight is 305 g/mol. The highest BCUT2D eigenvalue weighted by Crippen LogP contribution is 2.19. The minimum absolute atomic E-state index is 0.0352. The normalized spacial score (nSPS) is 10.7. The molecule has 1 rings (SSSR count). The lowest BCUT2D eigenvalue weighted by Gasteiger charge is -2.07. The summed E-state index contributed by atoms with van der Waals surface area (Å²) in [6.07, 6.45) is 1.63. The van der Waals surface area contributed by atoms with E-state index < -0.39 is 15.7 Å². The number of ether oxygens (including phenoxy) is 1. The van der Waals surface area contributed by atoms with Gasteiger partial charge in [-0.2, -0.15) is 0 Å². The summed E-state index contributed by atoms with van der Waals surface area (Å²) in [4.78, 5) is 0. The van der Waals surface area contributed by atoms with Crippen LogP contribution in [0.25, 0.3) is 0 Å². The Kier molecular flexibility index (Phi) is 6.13. The number of alkyl halides is 1. The van der Waals surface area contributed by atoms with Crippen LogP contribution in [0, 0.1) is 17.7 Å². The fourth-order valence-corrected chi connectivity index (χ4v) is 1.71. The number of hydrogen-bond donors (Lipinski definition) is 0. The molecular weight excluding hydrogens is 291 g/mol. The summed E-state index contributed by atoms with van der Waals surface area (Å²) in [5, 5.41) is 0. The molecule has 0 saturated heterocycles. The molecule has 0 aliphatic heterocycles. The Bertz CT molecular complexity index is 588. The maximum absolute atomic E-state index is 13.1. The van der Waals surface area contributed by atoms with E-state index in [1.165, 1.54) is 18.2 Å². The largest absolute Gasteiger partial charge is 0.491 e. The first-order valence-corrected chi connectivity index (χ1v) is 8.17. The van der Waals surface area contributed by atoms with Crippen LogP contribution in [-0.4, -0.2) is 32.9 Å². The van der Waals surface area contributed by atoms with E-state index in [1.807, 2.05) is 0 Å². The molecule has 0 fully saturated rings. The molecular formula is C13H14ClFO3S. The van der Waals surface area contributed by atoms with Gasteiger partial charge in [-0.25, -0.2) is 12.8 Å². The fourth-order valence-electron chi connectivity index (χ4n) is 1.23. The molecule has 0 N–H and O–H groups in total. The molecule has 0 heterocycles. The van der Waals surface area contributed by atoms with Gasteiger partial charge in [0.15, 0.2) is 9.84 Å². The van der Waals surface area contributed by atoms with Gasteiger partial charge in [0, 0.05) is 24.6 Å². The summed E-state index contributed by atoms with van der Waals surface area (Å²) >= 11 is 5.51. The van der Waals surface area contributed by atoms with E-state index in [1.54, 1.807) is 0 Å². The Labute approximate surface area is 117 Å². The van der Waals surface area contributed by atoms with Gasteiger partial charge in [-0.1, -0.05) is 11.8 Å². The van der Waals surface area contributed by atoms with Crippen molar-refractivity contribution < 1.29 is 17.5 Å². The zero-order valence-electron chi connectivity index (χ0n) is 10.4. The third kappa shape index (κ3) is 6.46. The van der Waals surface area contributed by atoms with Gasteiger partial charge in [-0.05, 0) is 12.1 Å². The van der Waals surface area contributed by atoms with Gasteiger partial charge in [-0.15, -0.1) is 11.6 Å². The third-order valence-electron chi connectivity index (χ3n) is 2.10. The molecule has 0 aliphatic rings. The number of hydrogen-bond acceptors (Lipinski definition) is 3. The minimum atomic E-state index is -3.11. The monoisotopic (exact) mass is 304 g/mol. The van der Waals surface area contributed by atoms with E-state index >= 15 is 0 Å². The highest BCUT2D eigenvalue weighted by molar-refractivity contribution is 7.90. The van der Waals surface area contributed by atoms with E-state index in [-0.39, 0.29) is 18.1 Å². The standard InChI is InChI=1S/C13H14ClFO3S/c1-19(16,17)9-8-18-13-10-12(15)6-5-11(13)4-2-3-7-14/h5-6,10H,3,7-9H2,1H3. The van der Waals surface area contributed by atoms with Crippen LogP contribution >= 0.6 is 11.6 Å². The molecule has 0 radical (unpaired) electrons. The Balaban J connectivity index is 2.80. The second-order valence-corrected chi connectivity index (χ2v) is 6.50. The lowest BCUT2D eigenvalue weighted by Crippen LogP contribution is -2.12. The van der Waals surface area contributed by atoms with Crippen molar-refractivity contribution in [2.45, 2.75) is 6.42 Å². The first-order valence-electron chi connectivity index (χ1n) is 5.57. The number of benzene rings is 1. The first-order chi connectivity index (χ1) is 8.92. The lowest BCUT2D eigenvalue weighted by atomic mass is 10.2. The van der Waals surface area contributed by atoms with Crippen molar-refractivity contribution in [1.82, 2.24) is 0 Å². The summed E-state index contributed by atoms with van der Waals surface area (Å²) in [6.45, 7) is -0.0352. The summed E-state index contributed by atoms with van der Waals surface area (Å²) in [6, 6.07) is 3.95. The molecule has 0 aromatic heterocycles. The molecule has 1 aromatic carbocycles. The zero-order valence-corrected chi connectivity index (χ0v) is 12.0. The molecule has 0 amide bonds. The van der Waals surface area contributed by atoms with Crippen LogP contribution in [0.4, 0.5) is 4.39 Å². The van der Waals surface area contributed by atoms with Crippen molar-refractivity contribution in [1.29, 1.82) is 0 Å². The van der Waals surface area contributed by atoms with Crippen LogP contribution in [-0.2, 0) is 9.84 Å². The van der Waals surface area contributed by atoms with E-state index in [0.29, 0.717) is 17.9 Å². The maximum atomic E-state index is 13.1. The van der Waals surface area contributed by atoms with Crippen LogP contribution in [0.5, 0.6) is 5.75 Å². The second kappa shape index (κ2) is 7.37. The van der Waals surface area contributed by atoms with E-state index in [2.05, 4.69) is 11.8 Å². The summed E-state index contributed by atoms with van der Waals surface area (Å²) in [5.41, 5.74) is 0.514. The Morgan fingerprint density at radius 3 is 2.79 bits per heavy atom. The van der Waals surface area contributed by atoms with Gasteiger partial charge in [-0.3, -0.25) is 0 Å². The van der Waals surface area contributed by atoms with Crippen LogP contribution in [0.3, 0.4) is 0 Å². The third-order valence-corrected chi connectivity index (χ3v) is 3.20. The second-order valence-electron chi connectivity index (χ2n) is 3.86. The topological polar surface area (TPSA) is 43.4 Å². The van der Waals surface area contributed by atoms with Gasteiger partial charge in [0.2, 0.25) is 0 Å². The quantitative estimate of drug-likeness (QED) is 0.619. The molecule has 0 unspecified atom stereocenters. The van der Waals surface area contributed by atoms with Gasteiger partial charge in [0.1, 0.15) is 18.2 Å². The van der Waals surface area contributed by atoms with E-state index in [9.17, 15) is 12.8 Å². The van der Waals surface area contributed by atoms with Crippen molar-refractivity contribution in [3.05, 3.63) is 29.6 Å². The van der Waals surface area contributed by atoms with Crippen molar-refractivity contribution in [2.24, 2.45) is 0 Å². The number of rotatable bonds is 5. The summed E-state index contributed by atoms with van der Waals surface area (Å²) in [7, 11) is -3.11. The average Bonchev–Trinajstić information content (AvgIpc) is 2.30. The van der Waals surface area contributed by atoms with E-state index in [4.69, 9.17) is 16.3 Å². The Morgan fingerprint density at radius 2 is 2.16 bits per heavy atom. The van der Waals surface area contributed by atoms with Gasteiger partial charge < -0.3 is 4.74 Å². The molecule has 1 aromatic rings. The molecule has 3 nitrogen and oxygen atoms in total. The Hall–Kier alpha value is -1.25. The highest BCUT2D eigenvalue weighted by atomic mass is 35.5. The maximum Gasteiger partial charge on any atom is 0.150 e. The minimum Gasteiger partial charge on any atom is -0.491 e. The molecule has 19 heavy (non-hydrogen) atoms. The lowest BCUT2D eigenvalue weighted by molar-refractivity contribution is 0.338.